The number of anilines is 1. The largest absolute Gasteiger partial charge is 0.419 e. The molecule has 27 heavy (non-hydrogen) atoms. The molecule has 0 aliphatic heterocycles. The number of pyridine rings is 1. The van der Waals surface area contributed by atoms with Gasteiger partial charge in [0.05, 0.1) is 5.56 Å². The number of hydrogen-bond donors (Lipinski definition) is 2. The highest BCUT2D eigenvalue weighted by Gasteiger charge is 2.33. The third kappa shape index (κ3) is 5.50. The number of nitrogens with zero attached hydrogens (tertiary/aromatic N) is 1. The molecule has 1 aromatic heterocycles. The van der Waals surface area contributed by atoms with Crippen LogP contribution in [0, 0.1) is 11.7 Å². The van der Waals surface area contributed by atoms with Gasteiger partial charge in [0.15, 0.2) is 0 Å². The van der Waals surface area contributed by atoms with E-state index in [0.717, 1.165) is 12.1 Å². The van der Waals surface area contributed by atoms with Gasteiger partial charge in [0, 0.05) is 24.2 Å². The summed E-state index contributed by atoms with van der Waals surface area (Å²) < 4.78 is 51.2. The fraction of sp³-hybridized carbons (Fsp3) is 0.278. The van der Waals surface area contributed by atoms with E-state index in [1.54, 1.807) is 13.8 Å². The van der Waals surface area contributed by atoms with Gasteiger partial charge in [0.25, 0.3) is 5.91 Å². The Bertz CT molecular complexity index is 851. The molecule has 144 valence electrons. The number of carbonyl (C=O) groups is 2. The molecule has 0 atom stereocenters. The van der Waals surface area contributed by atoms with Crippen LogP contribution in [0.25, 0.3) is 0 Å². The van der Waals surface area contributed by atoms with Crippen molar-refractivity contribution in [1.82, 2.24) is 10.3 Å². The molecule has 0 bridgehead atoms. The minimum Gasteiger partial charge on any atom is -0.348 e. The molecule has 0 spiro atoms. The normalized spacial score (nSPS) is 11.4. The van der Waals surface area contributed by atoms with Crippen LogP contribution < -0.4 is 10.6 Å². The average Bonchev–Trinajstić information content (AvgIpc) is 2.58. The van der Waals surface area contributed by atoms with Gasteiger partial charge in [0.1, 0.15) is 11.6 Å². The second kappa shape index (κ2) is 8.15. The summed E-state index contributed by atoms with van der Waals surface area (Å²) in [5.41, 5.74) is -0.995. The molecule has 0 aliphatic carbocycles. The second-order valence-electron chi connectivity index (χ2n) is 6.07. The van der Waals surface area contributed by atoms with Crippen LogP contribution in [0.1, 0.15) is 35.3 Å². The summed E-state index contributed by atoms with van der Waals surface area (Å²) in [5, 5.41) is 5.03. The van der Waals surface area contributed by atoms with Crippen molar-refractivity contribution in [2.75, 3.05) is 5.32 Å². The Balaban J connectivity index is 2.04. The molecular weight excluding hydrogens is 366 g/mol. The van der Waals surface area contributed by atoms with E-state index in [1.807, 2.05) is 0 Å². The lowest BCUT2D eigenvalue weighted by Crippen LogP contribution is -2.24. The SMILES string of the molecule is CC(C)C(=O)Nc1cc(C(=O)NCc2ccc(C(F)(F)F)c(F)c2)ccn1. The topological polar surface area (TPSA) is 71.1 Å². The zero-order valence-electron chi connectivity index (χ0n) is 14.5. The van der Waals surface area contributed by atoms with Crippen LogP contribution in [-0.4, -0.2) is 16.8 Å². The molecule has 2 N–H and O–H groups in total. The summed E-state index contributed by atoms with van der Waals surface area (Å²) in [6, 6.07) is 5.22. The maximum absolute atomic E-state index is 13.6. The Kier molecular flexibility index (Phi) is 6.14. The highest BCUT2D eigenvalue weighted by molar-refractivity contribution is 5.96. The van der Waals surface area contributed by atoms with Gasteiger partial charge in [0.2, 0.25) is 5.91 Å². The summed E-state index contributed by atoms with van der Waals surface area (Å²) in [5.74, 6) is -2.28. The lowest BCUT2D eigenvalue weighted by molar-refractivity contribution is -0.140. The Labute approximate surface area is 152 Å². The summed E-state index contributed by atoms with van der Waals surface area (Å²) >= 11 is 0. The molecular formula is C18H17F4N3O2. The lowest BCUT2D eigenvalue weighted by atomic mass is 10.1. The van der Waals surface area contributed by atoms with Crippen molar-refractivity contribution >= 4 is 17.6 Å². The molecule has 0 saturated carbocycles. The number of halogens is 4. The Hall–Kier alpha value is -2.97. The predicted octanol–water partition coefficient (Wildman–Crippen LogP) is 3.76. The lowest BCUT2D eigenvalue weighted by Gasteiger charge is -2.11. The monoisotopic (exact) mass is 383 g/mol. The highest BCUT2D eigenvalue weighted by atomic mass is 19.4. The Morgan fingerprint density at radius 1 is 1.15 bits per heavy atom. The number of nitrogens with one attached hydrogen (secondary N) is 2. The zero-order chi connectivity index (χ0) is 20.2. The third-order valence-electron chi connectivity index (χ3n) is 3.59. The maximum atomic E-state index is 13.6. The summed E-state index contributed by atoms with van der Waals surface area (Å²) in [6.45, 7) is 3.24. The molecule has 2 rings (SSSR count). The molecule has 0 fully saturated rings. The van der Waals surface area contributed by atoms with Gasteiger partial charge in [-0.15, -0.1) is 0 Å². The minimum absolute atomic E-state index is 0.163. The van der Waals surface area contributed by atoms with Crippen LogP contribution in [0.4, 0.5) is 23.4 Å². The highest BCUT2D eigenvalue weighted by Crippen LogP contribution is 2.31. The molecule has 2 aromatic rings. The maximum Gasteiger partial charge on any atom is 0.419 e. The summed E-state index contributed by atoms with van der Waals surface area (Å²) in [7, 11) is 0. The quantitative estimate of drug-likeness (QED) is 0.773. The van der Waals surface area contributed by atoms with E-state index in [2.05, 4.69) is 15.6 Å². The minimum atomic E-state index is -4.78. The van der Waals surface area contributed by atoms with Crippen molar-refractivity contribution in [3.63, 3.8) is 0 Å². The molecule has 0 radical (unpaired) electrons. The van der Waals surface area contributed by atoms with Crippen LogP contribution in [0.15, 0.2) is 36.5 Å². The zero-order valence-corrected chi connectivity index (χ0v) is 14.5. The van der Waals surface area contributed by atoms with E-state index in [9.17, 15) is 27.2 Å². The van der Waals surface area contributed by atoms with E-state index >= 15 is 0 Å². The van der Waals surface area contributed by atoms with E-state index in [1.165, 1.54) is 18.3 Å². The van der Waals surface area contributed by atoms with Crippen molar-refractivity contribution < 1.29 is 27.2 Å². The number of rotatable bonds is 5. The van der Waals surface area contributed by atoms with Gasteiger partial charge in [-0.25, -0.2) is 9.37 Å². The van der Waals surface area contributed by atoms with Gasteiger partial charge in [-0.2, -0.15) is 13.2 Å². The van der Waals surface area contributed by atoms with Crippen molar-refractivity contribution in [2.24, 2.45) is 5.92 Å². The van der Waals surface area contributed by atoms with Crippen LogP contribution >= 0.6 is 0 Å². The van der Waals surface area contributed by atoms with E-state index < -0.39 is 23.5 Å². The first-order valence-corrected chi connectivity index (χ1v) is 7.98. The van der Waals surface area contributed by atoms with Crippen molar-refractivity contribution in [1.29, 1.82) is 0 Å². The van der Waals surface area contributed by atoms with Crippen LogP contribution in [0.2, 0.25) is 0 Å². The molecule has 0 unspecified atom stereocenters. The first kappa shape index (κ1) is 20.3. The van der Waals surface area contributed by atoms with Gasteiger partial charge in [-0.1, -0.05) is 19.9 Å². The first-order valence-electron chi connectivity index (χ1n) is 7.98. The van der Waals surface area contributed by atoms with Crippen molar-refractivity contribution in [3.8, 4) is 0 Å². The van der Waals surface area contributed by atoms with E-state index in [0.29, 0.717) is 6.07 Å². The smallest absolute Gasteiger partial charge is 0.348 e. The molecule has 2 amide bonds. The number of alkyl halides is 3. The van der Waals surface area contributed by atoms with E-state index in [-0.39, 0.29) is 35.3 Å². The molecule has 0 aliphatic rings. The number of amides is 2. The van der Waals surface area contributed by atoms with E-state index in [4.69, 9.17) is 0 Å². The van der Waals surface area contributed by atoms with Crippen molar-refractivity contribution in [3.05, 3.63) is 59.0 Å². The van der Waals surface area contributed by atoms with Gasteiger partial charge in [-0.3, -0.25) is 9.59 Å². The first-order chi connectivity index (χ1) is 12.6. The number of benzene rings is 1. The molecule has 9 heteroatoms. The van der Waals surface area contributed by atoms with Gasteiger partial charge < -0.3 is 10.6 Å². The average molecular weight is 383 g/mol. The standard InChI is InChI=1S/C18H17F4N3O2/c1-10(2)16(26)25-15-8-12(5-6-23-15)17(27)24-9-11-3-4-13(14(19)7-11)18(20,21)22/h3-8,10H,9H2,1-2H3,(H,24,27)(H,23,25,26). The molecule has 1 heterocycles. The van der Waals surface area contributed by atoms with Crippen LogP contribution in [0.5, 0.6) is 0 Å². The molecule has 5 nitrogen and oxygen atoms in total. The fourth-order valence-corrected chi connectivity index (χ4v) is 2.09. The van der Waals surface area contributed by atoms with Crippen LogP contribution in [-0.2, 0) is 17.5 Å². The molecule has 0 saturated heterocycles. The Morgan fingerprint density at radius 2 is 1.85 bits per heavy atom. The fourth-order valence-electron chi connectivity index (χ4n) is 2.09. The van der Waals surface area contributed by atoms with Gasteiger partial charge in [-0.05, 0) is 29.8 Å². The molecule has 1 aromatic carbocycles. The number of carbonyl (C=O) groups excluding carboxylic acids is 2. The number of hydrogen-bond acceptors (Lipinski definition) is 3. The number of aromatic nitrogens is 1. The van der Waals surface area contributed by atoms with Crippen molar-refractivity contribution in [2.45, 2.75) is 26.6 Å². The summed E-state index contributed by atoms with van der Waals surface area (Å²) in [4.78, 5) is 27.8. The summed E-state index contributed by atoms with van der Waals surface area (Å²) in [6.07, 6.45) is -3.44. The predicted molar refractivity (Wildman–Crippen MR) is 90.3 cm³/mol. The van der Waals surface area contributed by atoms with Crippen LogP contribution in [0.3, 0.4) is 0 Å². The Morgan fingerprint density at radius 3 is 2.44 bits per heavy atom. The second-order valence-corrected chi connectivity index (χ2v) is 6.07. The third-order valence-corrected chi connectivity index (χ3v) is 3.59. The van der Waals surface area contributed by atoms with Gasteiger partial charge >= 0.3 is 6.18 Å².